The number of likely N-dealkylation sites (tertiary alicyclic amines) is 1. The standard InChI is InChI=1S/C12H14N2O3/c1-2-14-10(15)7-8(12(16)17)11(14)9-5-3-4-6-13-9/h3-6,8,11H,2,7H2,1H3,(H,16,17). The van der Waals surface area contributed by atoms with Crippen molar-refractivity contribution < 1.29 is 14.7 Å². The zero-order chi connectivity index (χ0) is 12.4. The lowest BCUT2D eigenvalue weighted by atomic mass is 9.97. The van der Waals surface area contributed by atoms with Gasteiger partial charge in [0.05, 0.1) is 17.7 Å². The smallest absolute Gasteiger partial charge is 0.309 e. The van der Waals surface area contributed by atoms with Crippen LogP contribution < -0.4 is 0 Å². The van der Waals surface area contributed by atoms with E-state index in [1.807, 2.05) is 6.92 Å². The third kappa shape index (κ3) is 2.00. The van der Waals surface area contributed by atoms with Crippen molar-refractivity contribution in [2.75, 3.05) is 6.54 Å². The van der Waals surface area contributed by atoms with Gasteiger partial charge in [0.1, 0.15) is 0 Å². The molecule has 1 N–H and O–H groups in total. The van der Waals surface area contributed by atoms with E-state index < -0.39 is 17.9 Å². The molecule has 1 saturated heterocycles. The number of carbonyl (C=O) groups is 2. The number of carbonyl (C=O) groups excluding carboxylic acids is 1. The largest absolute Gasteiger partial charge is 0.481 e. The minimum absolute atomic E-state index is 0.0599. The molecule has 1 aromatic rings. The van der Waals surface area contributed by atoms with Crippen LogP contribution in [0.3, 0.4) is 0 Å². The number of hydrogen-bond acceptors (Lipinski definition) is 3. The Morgan fingerprint density at radius 1 is 1.59 bits per heavy atom. The average Bonchev–Trinajstić information content (AvgIpc) is 2.67. The molecule has 0 bridgehead atoms. The molecule has 2 heterocycles. The molecule has 2 rings (SSSR count). The van der Waals surface area contributed by atoms with Crippen molar-refractivity contribution in [3.05, 3.63) is 30.1 Å². The Labute approximate surface area is 99.1 Å². The number of aliphatic carboxylic acids is 1. The van der Waals surface area contributed by atoms with Crippen LogP contribution in [0.1, 0.15) is 25.1 Å². The van der Waals surface area contributed by atoms with E-state index in [9.17, 15) is 9.59 Å². The van der Waals surface area contributed by atoms with Crippen LogP contribution in [0, 0.1) is 5.92 Å². The summed E-state index contributed by atoms with van der Waals surface area (Å²) in [6.45, 7) is 2.35. The molecule has 1 amide bonds. The number of pyridine rings is 1. The highest BCUT2D eigenvalue weighted by Crippen LogP contribution is 2.36. The Kier molecular flexibility index (Phi) is 3.08. The minimum atomic E-state index is -0.940. The van der Waals surface area contributed by atoms with Gasteiger partial charge in [0.2, 0.25) is 5.91 Å². The van der Waals surface area contributed by atoms with Gasteiger partial charge in [-0.15, -0.1) is 0 Å². The van der Waals surface area contributed by atoms with Gasteiger partial charge >= 0.3 is 5.97 Å². The third-order valence-electron chi connectivity index (χ3n) is 3.08. The molecule has 0 radical (unpaired) electrons. The maximum atomic E-state index is 11.7. The molecule has 1 aliphatic heterocycles. The zero-order valence-electron chi connectivity index (χ0n) is 9.54. The molecule has 17 heavy (non-hydrogen) atoms. The van der Waals surface area contributed by atoms with E-state index in [4.69, 9.17) is 5.11 Å². The molecule has 0 aliphatic carbocycles. The highest BCUT2D eigenvalue weighted by atomic mass is 16.4. The fraction of sp³-hybridized carbons (Fsp3) is 0.417. The van der Waals surface area contributed by atoms with E-state index in [-0.39, 0.29) is 12.3 Å². The summed E-state index contributed by atoms with van der Waals surface area (Å²) in [7, 11) is 0. The average molecular weight is 234 g/mol. The molecular formula is C12H14N2O3. The summed E-state index contributed by atoms with van der Waals surface area (Å²) in [6, 6.07) is 4.90. The van der Waals surface area contributed by atoms with Crippen molar-refractivity contribution in [3.8, 4) is 0 Å². The molecule has 1 fully saturated rings. The van der Waals surface area contributed by atoms with Gasteiger partial charge in [-0.05, 0) is 19.1 Å². The predicted octanol–water partition coefficient (Wildman–Crippen LogP) is 1.08. The van der Waals surface area contributed by atoms with E-state index in [2.05, 4.69) is 4.98 Å². The molecule has 2 unspecified atom stereocenters. The zero-order valence-corrected chi connectivity index (χ0v) is 9.54. The SMILES string of the molecule is CCN1C(=O)CC(C(=O)O)C1c1ccccn1. The molecule has 5 heteroatoms. The maximum Gasteiger partial charge on any atom is 0.309 e. The molecular weight excluding hydrogens is 220 g/mol. The Bertz CT molecular complexity index is 433. The molecule has 2 atom stereocenters. The van der Waals surface area contributed by atoms with Crippen molar-refractivity contribution >= 4 is 11.9 Å². The number of nitrogens with zero attached hydrogens (tertiary/aromatic N) is 2. The fourth-order valence-corrected chi connectivity index (χ4v) is 2.30. The van der Waals surface area contributed by atoms with Crippen LogP contribution >= 0.6 is 0 Å². The number of rotatable bonds is 3. The van der Waals surface area contributed by atoms with E-state index >= 15 is 0 Å². The van der Waals surface area contributed by atoms with E-state index in [1.54, 1.807) is 29.3 Å². The Morgan fingerprint density at radius 3 is 2.88 bits per heavy atom. The van der Waals surface area contributed by atoms with Crippen LogP contribution in [-0.2, 0) is 9.59 Å². The van der Waals surface area contributed by atoms with E-state index in [0.717, 1.165) is 0 Å². The highest BCUT2D eigenvalue weighted by Gasteiger charge is 2.44. The third-order valence-corrected chi connectivity index (χ3v) is 3.08. The molecule has 0 saturated carbocycles. The van der Waals surface area contributed by atoms with Crippen molar-refractivity contribution in [2.24, 2.45) is 5.92 Å². The number of hydrogen-bond donors (Lipinski definition) is 1. The Hall–Kier alpha value is -1.91. The van der Waals surface area contributed by atoms with Gasteiger partial charge < -0.3 is 10.0 Å². The quantitative estimate of drug-likeness (QED) is 0.849. The van der Waals surface area contributed by atoms with Crippen molar-refractivity contribution in [1.82, 2.24) is 9.88 Å². The summed E-state index contributed by atoms with van der Waals surface area (Å²) in [6.07, 6.45) is 1.68. The van der Waals surface area contributed by atoms with Gasteiger partial charge in [-0.3, -0.25) is 14.6 Å². The van der Waals surface area contributed by atoms with E-state index in [0.29, 0.717) is 12.2 Å². The maximum absolute atomic E-state index is 11.7. The summed E-state index contributed by atoms with van der Waals surface area (Å²) >= 11 is 0. The first-order valence-electron chi connectivity index (χ1n) is 5.58. The van der Waals surface area contributed by atoms with Crippen molar-refractivity contribution in [2.45, 2.75) is 19.4 Å². The Morgan fingerprint density at radius 2 is 2.35 bits per heavy atom. The second-order valence-electron chi connectivity index (χ2n) is 4.03. The summed E-state index contributed by atoms with van der Waals surface area (Å²) in [5.74, 6) is -1.75. The predicted molar refractivity (Wildman–Crippen MR) is 60.1 cm³/mol. The van der Waals surface area contributed by atoms with Crippen LogP contribution in [0.2, 0.25) is 0 Å². The first-order valence-corrected chi connectivity index (χ1v) is 5.58. The summed E-state index contributed by atoms with van der Waals surface area (Å²) in [4.78, 5) is 28.7. The highest BCUT2D eigenvalue weighted by molar-refractivity contribution is 5.87. The van der Waals surface area contributed by atoms with Crippen LogP contribution in [0.4, 0.5) is 0 Å². The molecule has 0 spiro atoms. The summed E-state index contributed by atoms with van der Waals surface area (Å²) in [5, 5.41) is 9.17. The van der Waals surface area contributed by atoms with Gasteiger partial charge in [-0.1, -0.05) is 6.07 Å². The molecule has 1 aliphatic rings. The van der Waals surface area contributed by atoms with Crippen LogP contribution in [0.5, 0.6) is 0 Å². The number of aromatic nitrogens is 1. The normalized spacial score (nSPS) is 24.1. The van der Waals surface area contributed by atoms with Gasteiger partial charge in [-0.2, -0.15) is 0 Å². The second kappa shape index (κ2) is 4.53. The number of carboxylic acids is 1. The fourth-order valence-electron chi connectivity index (χ4n) is 2.30. The summed E-state index contributed by atoms with van der Waals surface area (Å²) < 4.78 is 0. The van der Waals surface area contributed by atoms with Gasteiger partial charge in [0, 0.05) is 19.2 Å². The first-order chi connectivity index (χ1) is 8.15. The lowest BCUT2D eigenvalue weighted by molar-refractivity contribution is -0.142. The number of carboxylic acid groups (broad SMARTS) is 1. The second-order valence-corrected chi connectivity index (χ2v) is 4.03. The molecule has 0 aromatic carbocycles. The number of amides is 1. The van der Waals surface area contributed by atoms with Crippen molar-refractivity contribution in [1.29, 1.82) is 0 Å². The lowest BCUT2D eigenvalue weighted by Crippen LogP contribution is -2.30. The monoisotopic (exact) mass is 234 g/mol. The van der Waals surface area contributed by atoms with Crippen LogP contribution in [-0.4, -0.2) is 33.4 Å². The van der Waals surface area contributed by atoms with Crippen molar-refractivity contribution in [3.63, 3.8) is 0 Å². The van der Waals surface area contributed by atoms with Gasteiger partial charge in [-0.25, -0.2) is 0 Å². The minimum Gasteiger partial charge on any atom is -0.481 e. The molecule has 1 aromatic heterocycles. The van der Waals surface area contributed by atoms with Gasteiger partial charge in [0.15, 0.2) is 0 Å². The van der Waals surface area contributed by atoms with Crippen LogP contribution in [0.25, 0.3) is 0 Å². The first kappa shape index (κ1) is 11.6. The van der Waals surface area contributed by atoms with Crippen LogP contribution in [0.15, 0.2) is 24.4 Å². The molecule has 90 valence electrons. The van der Waals surface area contributed by atoms with E-state index in [1.165, 1.54) is 0 Å². The topological polar surface area (TPSA) is 70.5 Å². The lowest BCUT2D eigenvalue weighted by Gasteiger charge is -2.24. The summed E-state index contributed by atoms with van der Waals surface area (Å²) in [5.41, 5.74) is 0.646. The Balaban J connectivity index is 2.39. The van der Waals surface area contributed by atoms with Gasteiger partial charge in [0.25, 0.3) is 0 Å². The molecule has 5 nitrogen and oxygen atoms in total.